The zero-order valence-corrected chi connectivity index (χ0v) is 19.3. The number of hydrogen-bond donors (Lipinski definition) is 1. The lowest BCUT2D eigenvalue weighted by molar-refractivity contribution is -0.122. The van der Waals surface area contributed by atoms with Gasteiger partial charge in [0.05, 0.1) is 16.9 Å². The standard InChI is InChI=1S/C22H25FN2O2S3/c1-27-19-6-5-13(11-17(19)23)18-12-28-21(24-18)25-20(26)14-9-15-3-2-4-16(10-14)22(15)29-7-8-30-22/h5-6,11-12,14-16H,2-4,7-10H2,1H3,(H,24,25,26). The highest BCUT2D eigenvalue weighted by atomic mass is 32.2. The zero-order chi connectivity index (χ0) is 20.7. The zero-order valence-electron chi connectivity index (χ0n) is 16.9. The first-order chi connectivity index (χ1) is 14.6. The van der Waals surface area contributed by atoms with Gasteiger partial charge in [-0.1, -0.05) is 6.42 Å². The number of anilines is 1. The summed E-state index contributed by atoms with van der Waals surface area (Å²) in [6.45, 7) is 0. The van der Waals surface area contributed by atoms with Gasteiger partial charge in [-0.3, -0.25) is 4.79 Å². The number of methoxy groups -OCH3 is 1. The molecule has 160 valence electrons. The SMILES string of the molecule is COc1ccc(-c2csc(NC(=O)C3CC4CCCC(C3)C43SCCS3)n2)cc1F. The van der Waals surface area contributed by atoms with Crippen molar-refractivity contribution in [3.05, 3.63) is 29.4 Å². The molecule has 2 bridgehead atoms. The molecule has 1 spiro atoms. The van der Waals surface area contributed by atoms with Gasteiger partial charge in [0, 0.05) is 28.4 Å². The maximum atomic E-state index is 14.0. The van der Waals surface area contributed by atoms with Crippen LogP contribution >= 0.6 is 34.9 Å². The van der Waals surface area contributed by atoms with Crippen molar-refractivity contribution in [2.75, 3.05) is 23.9 Å². The topological polar surface area (TPSA) is 51.2 Å². The number of aromatic nitrogens is 1. The molecule has 2 aromatic rings. The second kappa shape index (κ2) is 8.36. The number of carbonyl (C=O) groups excluding carboxylic acids is 1. The van der Waals surface area contributed by atoms with Gasteiger partial charge in [0.15, 0.2) is 16.7 Å². The number of thioether (sulfide) groups is 2. The molecule has 1 saturated heterocycles. The fourth-order valence-corrected chi connectivity index (χ4v) is 9.98. The number of halogens is 1. The van der Waals surface area contributed by atoms with Gasteiger partial charge in [0.1, 0.15) is 0 Å². The highest BCUT2D eigenvalue weighted by molar-refractivity contribution is 8.21. The van der Waals surface area contributed by atoms with E-state index in [1.807, 2.05) is 5.38 Å². The molecule has 3 aliphatic rings. The molecule has 2 saturated carbocycles. The Balaban J connectivity index is 1.27. The minimum absolute atomic E-state index is 0.0681. The van der Waals surface area contributed by atoms with Crippen LogP contribution in [0, 0.1) is 23.6 Å². The number of hydrogen-bond acceptors (Lipinski definition) is 6. The molecule has 0 radical (unpaired) electrons. The fourth-order valence-electron chi connectivity index (χ4n) is 5.32. The Morgan fingerprint density at radius 3 is 2.63 bits per heavy atom. The lowest BCUT2D eigenvalue weighted by atomic mass is 9.67. The van der Waals surface area contributed by atoms with Crippen molar-refractivity contribution in [1.82, 2.24) is 4.98 Å². The average Bonchev–Trinajstić information content (AvgIpc) is 3.38. The Morgan fingerprint density at radius 2 is 1.97 bits per heavy atom. The van der Waals surface area contributed by atoms with Crippen LogP contribution in [0.4, 0.5) is 9.52 Å². The second-order valence-electron chi connectivity index (χ2n) is 8.29. The highest BCUT2D eigenvalue weighted by Crippen LogP contribution is 2.64. The smallest absolute Gasteiger partial charge is 0.229 e. The van der Waals surface area contributed by atoms with E-state index in [9.17, 15) is 9.18 Å². The van der Waals surface area contributed by atoms with E-state index in [0.29, 0.717) is 32.3 Å². The number of rotatable bonds is 4. The molecule has 2 heterocycles. The molecule has 1 N–H and O–H groups in total. The molecule has 3 fully saturated rings. The minimum Gasteiger partial charge on any atom is -0.494 e. The minimum atomic E-state index is -0.418. The predicted octanol–water partition coefficient (Wildman–Crippen LogP) is 5.90. The van der Waals surface area contributed by atoms with Crippen molar-refractivity contribution in [2.45, 2.75) is 36.2 Å². The molecule has 2 aliphatic carbocycles. The number of thiazole rings is 1. The van der Waals surface area contributed by atoms with Gasteiger partial charge in [0.25, 0.3) is 0 Å². The summed E-state index contributed by atoms with van der Waals surface area (Å²) in [4.78, 5) is 17.6. The van der Waals surface area contributed by atoms with Gasteiger partial charge >= 0.3 is 0 Å². The summed E-state index contributed by atoms with van der Waals surface area (Å²) >= 11 is 5.71. The Bertz CT molecular complexity index is 928. The predicted molar refractivity (Wildman–Crippen MR) is 124 cm³/mol. The van der Waals surface area contributed by atoms with Gasteiger partial charge in [0.2, 0.25) is 5.91 Å². The molecule has 8 heteroatoms. The Kier molecular flexibility index (Phi) is 5.75. The van der Waals surface area contributed by atoms with E-state index < -0.39 is 5.82 Å². The quantitative estimate of drug-likeness (QED) is 0.611. The maximum Gasteiger partial charge on any atom is 0.229 e. The number of ether oxygens (including phenoxy) is 1. The van der Waals surface area contributed by atoms with Gasteiger partial charge in [-0.2, -0.15) is 0 Å². The fraction of sp³-hybridized carbons (Fsp3) is 0.545. The van der Waals surface area contributed by atoms with Crippen LogP contribution in [-0.2, 0) is 4.79 Å². The first-order valence-corrected chi connectivity index (χ1v) is 13.3. The van der Waals surface area contributed by atoms with Crippen LogP contribution in [0.1, 0.15) is 32.1 Å². The lowest BCUT2D eigenvalue weighted by Gasteiger charge is -2.51. The molecule has 2 atom stereocenters. The molecule has 4 nitrogen and oxygen atoms in total. The average molecular weight is 465 g/mol. The summed E-state index contributed by atoms with van der Waals surface area (Å²) in [6, 6.07) is 4.79. The van der Waals surface area contributed by atoms with E-state index in [0.717, 1.165) is 12.8 Å². The molecule has 5 rings (SSSR count). The largest absolute Gasteiger partial charge is 0.494 e. The summed E-state index contributed by atoms with van der Waals surface area (Å²) in [6.07, 6.45) is 5.80. The maximum absolute atomic E-state index is 14.0. The normalized spacial score (nSPS) is 27.2. The molecule has 1 aromatic carbocycles. The van der Waals surface area contributed by atoms with Crippen molar-refractivity contribution >= 4 is 45.9 Å². The van der Waals surface area contributed by atoms with Gasteiger partial charge < -0.3 is 10.1 Å². The van der Waals surface area contributed by atoms with Crippen LogP contribution in [0.3, 0.4) is 0 Å². The first-order valence-electron chi connectivity index (χ1n) is 10.5. The van der Waals surface area contributed by atoms with E-state index in [-0.39, 0.29) is 17.6 Å². The van der Waals surface area contributed by atoms with Crippen molar-refractivity contribution in [1.29, 1.82) is 0 Å². The van der Waals surface area contributed by atoms with Crippen LogP contribution in [-0.4, -0.2) is 33.6 Å². The number of nitrogens with one attached hydrogen (secondary N) is 1. The molecular formula is C22H25FN2O2S3. The summed E-state index contributed by atoms with van der Waals surface area (Å²) in [5, 5.41) is 5.48. The van der Waals surface area contributed by atoms with Crippen molar-refractivity contribution in [3.8, 4) is 17.0 Å². The third-order valence-corrected chi connectivity index (χ3v) is 11.4. The Hall–Kier alpha value is -1.25. The summed E-state index contributed by atoms with van der Waals surface area (Å²) in [5.74, 6) is 3.75. The van der Waals surface area contributed by atoms with Crippen LogP contribution in [0.25, 0.3) is 11.3 Å². The van der Waals surface area contributed by atoms with Crippen molar-refractivity contribution < 1.29 is 13.9 Å². The summed E-state index contributed by atoms with van der Waals surface area (Å²) < 4.78 is 19.4. The number of benzene rings is 1. The van der Waals surface area contributed by atoms with Crippen LogP contribution in [0.5, 0.6) is 5.75 Å². The number of carbonyl (C=O) groups is 1. The molecule has 1 aromatic heterocycles. The van der Waals surface area contributed by atoms with Crippen molar-refractivity contribution in [3.63, 3.8) is 0 Å². The summed E-state index contributed by atoms with van der Waals surface area (Å²) in [7, 11) is 1.44. The molecule has 30 heavy (non-hydrogen) atoms. The van der Waals surface area contributed by atoms with Gasteiger partial charge in [-0.25, -0.2) is 9.37 Å². The van der Waals surface area contributed by atoms with E-state index in [2.05, 4.69) is 33.8 Å². The number of nitrogens with zero attached hydrogens (tertiary/aromatic N) is 1. The third-order valence-electron chi connectivity index (χ3n) is 6.67. The molecule has 1 amide bonds. The molecule has 1 aliphatic heterocycles. The Morgan fingerprint density at radius 1 is 1.23 bits per heavy atom. The monoisotopic (exact) mass is 464 g/mol. The van der Waals surface area contributed by atoms with Crippen LogP contribution in [0.2, 0.25) is 0 Å². The van der Waals surface area contributed by atoms with E-state index in [1.54, 1.807) is 12.1 Å². The highest BCUT2D eigenvalue weighted by Gasteiger charge is 2.55. The van der Waals surface area contributed by atoms with Crippen LogP contribution < -0.4 is 10.1 Å². The second-order valence-corrected chi connectivity index (χ2v) is 12.1. The van der Waals surface area contributed by atoms with Gasteiger partial charge in [-0.15, -0.1) is 34.9 Å². The van der Waals surface area contributed by atoms with Gasteiger partial charge in [-0.05, 0) is 55.7 Å². The third kappa shape index (κ3) is 3.65. The van der Waals surface area contributed by atoms with E-state index >= 15 is 0 Å². The van der Waals surface area contributed by atoms with Crippen LogP contribution in [0.15, 0.2) is 23.6 Å². The van der Waals surface area contributed by atoms with Crippen molar-refractivity contribution in [2.24, 2.45) is 17.8 Å². The van der Waals surface area contributed by atoms with E-state index in [1.165, 1.54) is 55.3 Å². The Labute approximate surface area is 188 Å². The van der Waals surface area contributed by atoms with E-state index in [4.69, 9.17) is 4.74 Å². The molecular weight excluding hydrogens is 439 g/mol. The number of amides is 1. The lowest BCUT2D eigenvalue weighted by Crippen LogP contribution is -2.48. The summed E-state index contributed by atoms with van der Waals surface area (Å²) in [5.41, 5.74) is 1.34. The first kappa shape index (κ1) is 20.6. The molecule has 2 unspecified atom stereocenters.